The number of aliphatic carboxylic acids is 1. The molecule has 0 heterocycles. The fourth-order valence-electron chi connectivity index (χ4n) is 2.16. The van der Waals surface area contributed by atoms with Crippen molar-refractivity contribution in [1.82, 2.24) is 0 Å². The van der Waals surface area contributed by atoms with Gasteiger partial charge in [-0.15, -0.1) is 0 Å². The lowest BCUT2D eigenvalue weighted by Gasteiger charge is -2.38. The van der Waals surface area contributed by atoms with Crippen molar-refractivity contribution in [3.05, 3.63) is 23.5 Å². The van der Waals surface area contributed by atoms with E-state index in [1.807, 2.05) is 0 Å². The van der Waals surface area contributed by atoms with Gasteiger partial charge in [0.25, 0.3) is 0 Å². The molecule has 0 spiro atoms. The molecule has 1 saturated carbocycles. The molecule has 0 atom stereocenters. The number of hydrogen-bond acceptors (Lipinski definition) is 3. The van der Waals surface area contributed by atoms with E-state index in [0.717, 1.165) is 6.42 Å². The van der Waals surface area contributed by atoms with Gasteiger partial charge in [-0.25, -0.2) is 0 Å². The summed E-state index contributed by atoms with van der Waals surface area (Å²) in [6, 6.07) is 2.52. The summed E-state index contributed by atoms with van der Waals surface area (Å²) in [4.78, 5) is 11.3. The van der Waals surface area contributed by atoms with E-state index in [1.165, 1.54) is 19.2 Å². The van der Waals surface area contributed by atoms with Crippen molar-refractivity contribution in [3.8, 4) is 11.5 Å². The van der Waals surface area contributed by atoms with E-state index < -0.39 is 23.0 Å². The number of carboxylic acids is 1. The minimum absolute atomic E-state index is 0.132. The number of rotatable bonds is 3. The van der Waals surface area contributed by atoms with E-state index in [-0.39, 0.29) is 5.75 Å². The van der Waals surface area contributed by atoms with Crippen molar-refractivity contribution in [3.63, 3.8) is 0 Å². The van der Waals surface area contributed by atoms with Crippen LogP contribution in [0.2, 0.25) is 0 Å². The molecule has 92 valence electrons. The highest BCUT2D eigenvalue weighted by molar-refractivity contribution is 5.83. The van der Waals surface area contributed by atoms with Gasteiger partial charge in [-0.3, -0.25) is 4.79 Å². The molecule has 17 heavy (non-hydrogen) atoms. The van der Waals surface area contributed by atoms with Crippen molar-refractivity contribution in [1.29, 1.82) is 0 Å². The quantitative estimate of drug-likeness (QED) is 0.848. The van der Waals surface area contributed by atoms with Crippen LogP contribution in [-0.2, 0) is 10.2 Å². The Balaban J connectivity index is 2.52. The fraction of sp³-hybridized carbons (Fsp3) is 0.417. The van der Waals surface area contributed by atoms with Crippen LogP contribution in [0.5, 0.6) is 11.5 Å². The van der Waals surface area contributed by atoms with E-state index in [0.29, 0.717) is 18.4 Å². The molecule has 2 N–H and O–H groups in total. The van der Waals surface area contributed by atoms with Crippen molar-refractivity contribution in [2.45, 2.75) is 24.7 Å². The van der Waals surface area contributed by atoms with Crippen LogP contribution in [0, 0.1) is 5.82 Å². The molecular formula is C12H13FO4. The topological polar surface area (TPSA) is 66.8 Å². The van der Waals surface area contributed by atoms with E-state index in [2.05, 4.69) is 0 Å². The first-order valence-electron chi connectivity index (χ1n) is 5.31. The lowest BCUT2D eigenvalue weighted by molar-refractivity contribution is -0.147. The second-order valence-corrected chi connectivity index (χ2v) is 4.25. The normalized spacial score (nSPS) is 17.3. The summed E-state index contributed by atoms with van der Waals surface area (Å²) in [6.45, 7) is 0. The SMILES string of the molecule is COc1cc(C2(C(=O)O)CCC2)cc(O)c1F. The van der Waals surface area contributed by atoms with Gasteiger partial charge in [-0.1, -0.05) is 6.42 Å². The summed E-state index contributed by atoms with van der Waals surface area (Å²) in [6.07, 6.45) is 1.81. The minimum atomic E-state index is -1.00. The molecule has 0 unspecified atom stereocenters. The van der Waals surface area contributed by atoms with Crippen molar-refractivity contribution in [2.75, 3.05) is 7.11 Å². The standard InChI is InChI=1S/C12H13FO4/c1-17-9-6-7(5-8(14)10(9)13)12(11(15)16)3-2-4-12/h5-6,14H,2-4H2,1H3,(H,15,16). The number of carbonyl (C=O) groups is 1. The maximum Gasteiger partial charge on any atom is 0.314 e. The first-order valence-corrected chi connectivity index (χ1v) is 5.31. The number of benzene rings is 1. The summed E-state index contributed by atoms with van der Waals surface area (Å²) in [7, 11) is 1.27. The summed E-state index contributed by atoms with van der Waals surface area (Å²) in [5, 5.41) is 18.7. The smallest absolute Gasteiger partial charge is 0.314 e. The van der Waals surface area contributed by atoms with Crippen LogP contribution in [0.4, 0.5) is 4.39 Å². The first-order chi connectivity index (χ1) is 8.01. The van der Waals surface area contributed by atoms with Gasteiger partial charge in [0, 0.05) is 0 Å². The molecule has 1 aliphatic rings. The van der Waals surface area contributed by atoms with Gasteiger partial charge >= 0.3 is 5.97 Å². The third-order valence-corrected chi connectivity index (χ3v) is 3.41. The molecule has 0 amide bonds. The number of halogens is 1. The van der Waals surface area contributed by atoms with Crippen molar-refractivity contribution >= 4 is 5.97 Å². The van der Waals surface area contributed by atoms with Gasteiger partial charge in [-0.2, -0.15) is 4.39 Å². The third kappa shape index (κ3) is 1.62. The van der Waals surface area contributed by atoms with Crippen molar-refractivity contribution in [2.24, 2.45) is 0 Å². The van der Waals surface area contributed by atoms with E-state index in [9.17, 15) is 19.4 Å². The van der Waals surface area contributed by atoms with Gasteiger partial charge in [0.15, 0.2) is 11.5 Å². The molecule has 0 bridgehead atoms. The molecule has 0 radical (unpaired) electrons. The number of carboxylic acid groups (broad SMARTS) is 1. The van der Waals surface area contributed by atoms with Gasteiger partial charge in [0.2, 0.25) is 5.82 Å². The number of phenolic OH excluding ortho intramolecular Hbond substituents is 1. The molecule has 4 nitrogen and oxygen atoms in total. The summed E-state index contributed by atoms with van der Waals surface area (Å²) < 4.78 is 18.2. The molecule has 1 aliphatic carbocycles. The summed E-state index contributed by atoms with van der Waals surface area (Å²) >= 11 is 0. The Morgan fingerprint density at radius 1 is 1.47 bits per heavy atom. The zero-order valence-corrected chi connectivity index (χ0v) is 9.36. The van der Waals surface area contributed by atoms with Crippen LogP contribution < -0.4 is 4.74 Å². The van der Waals surface area contributed by atoms with Crippen LogP contribution >= 0.6 is 0 Å². The molecule has 0 aliphatic heterocycles. The summed E-state index contributed by atoms with van der Waals surface area (Å²) in [5.74, 6) is -2.52. The zero-order chi connectivity index (χ0) is 12.6. The van der Waals surface area contributed by atoms with Gasteiger partial charge < -0.3 is 14.9 Å². The largest absolute Gasteiger partial charge is 0.505 e. The second-order valence-electron chi connectivity index (χ2n) is 4.25. The highest BCUT2D eigenvalue weighted by Crippen LogP contribution is 2.46. The predicted molar refractivity (Wildman–Crippen MR) is 57.8 cm³/mol. The Hall–Kier alpha value is -1.78. The Bertz CT molecular complexity index is 466. The molecular weight excluding hydrogens is 227 g/mol. The van der Waals surface area contributed by atoms with Crippen LogP contribution in [0.15, 0.2) is 12.1 Å². The third-order valence-electron chi connectivity index (χ3n) is 3.41. The lowest BCUT2D eigenvalue weighted by Crippen LogP contribution is -2.42. The fourth-order valence-corrected chi connectivity index (χ4v) is 2.16. The Labute approximate surface area is 97.6 Å². The highest BCUT2D eigenvalue weighted by atomic mass is 19.1. The average Bonchev–Trinajstić information content (AvgIpc) is 2.20. The number of methoxy groups -OCH3 is 1. The lowest BCUT2D eigenvalue weighted by atomic mass is 9.64. The maximum atomic E-state index is 13.4. The first kappa shape index (κ1) is 11.7. The number of phenols is 1. The van der Waals surface area contributed by atoms with E-state index in [1.54, 1.807) is 0 Å². The molecule has 1 aromatic rings. The maximum absolute atomic E-state index is 13.4. The Kier molecular flexibility index (Phi) is 2.69. The number of aromatic hydroxyl groups is 1. The van der Waals surface area contributed by atoms with Crippen molar-refractivity contribution < 1.29 is 24.1 Å². The summed E-state index contributed by atoms with van der Waals surface area (Å²) in [5.41, 5.74) is -0.606. The van der Waals surface area contributed by atoms with Gasteiger partial charge in [0.1, 0.15) is 0 Å². The minimum Gasteiger partial charge on any atom is -0.505 e. The second kappa shape index (κ2) is 3.91. The molecule has 1 fully saturated rings. The number of hydrogen-bond donors (Lipinski definition) is 2. The van der Waals surface area contributed by atoms with Crippen LogP contribution in [0.3, 0.4) is 0 Å². The molecule has 2 rings (SSSR count). The molecule has 0 aromatic heterocycles. The molecule has 0 saturated heterocycles. The molecule has 1 aromatic carbocycles. The average molecular weight is 240 g/mol. The molecule has 5 heteroatoms. The van der Waals surface area contributed by atoms with Crippen LogP contribution in [0.1, 0.15) is 24.8 Å². The Morgan fingerprint density at radius 2 is 2.12 bits per heavy atom. The zero-order valence-electron chi connectivity index (χ0n) is 9.36. The van der Waals surface area contributed by atoms with E-state index in [4.69, 9.17) is 4.74 Å². The van der Waals surface area contributed by atoms with Gasteiger partial charge in [0.05, 0.1) is 12.5 Å². The van der Waals surface area contributed by atoms with E-state index >= 15 is 0 Å². The monoisotopic (exact) mass is 240 g/mol. The predicted octanol–water partition coefficient (Wildman–Crippen LogP) is 2.05. The number of ether oxygens (including phenoxy) is 1. The highest BCUT2D eigenvalue weighted by Gasteiger charge is 2.46. The van der Waals surface area contributed by atoms with Gasteiger partial charge in [-0.05, 0) is 30.5 Å². The van der Waals surface area contributed by atoms with Crippen LogP contribution in [0.25, 0.3) is 0 Å². The van der Waals surface area contributed by atoms with Crippen LogP contribution in [-0.4, -0.2) is 23.3 Å². The Morgan fingerprint density at radius 3 is 2.53 bits per heavy atom.